The smallest absolute Gasteiger partial charge is 0.104 e. The van der Waals surface area contributed by atoms with Crippen LogP contribution in [0.2, 0.25) is 0 Å². The maximum absolute atomic E-state index is 10.9. The minimum Gasteiger partial charge on any atom is -0.384 e. The lowest BCUT2D eigenvalue weighted by molar-refractivity contribution is 0.220. The zero-order chi connectivity index (χ0) is 17.8. The summed E-state index contributed by atoms with van der Waals surface area (Å²) in [6.07, 6.45) is 8.20. The second-order valence-corrected chi connectivity index (χ2v) is 6.66. The Morgan fingerprint density at radius 2 is 1.31 bits per heavy atom. The Bertz CT molecular complexity index is 951. The Morgan fingerprint density at radius 3 is 2.00 bits per heavy atom. The van der Waals surface area contributed by atoms with Gasteiger partial charge in [0.25, 0.3) is 0 Å². The van der Waals surface area contributed by atoms with Gasteiger partial charge in [-0.1, -0.05) is 85.0 Å². The van der Waals surface area contributed by atoms with E-state index in [2.05, 4.69) is 54.6 Å². The van der Waals surface area contributed by atoms with E-state index in [1.165, 1.54) is 5.57 Å². The molecule has 0 saturated heterocycles. The first-order chi connectivity index (χ1) is 12.8. The monoisotopic (exact) mass is 338 g/mol. The molecule has 1 aliphatic rings. The van der Waals surface area contributed by atoms with E-state index < -0.39 is 6.10 Å². The van der Waals surface area contributed by atoms with Crippen LogP contribution >= 0.6 is 0 Å². The van der Waals surface area contributed by atoms with E-state index in [1.54, 1.807) is 0 Å². The zero-order valence-corrected chi connectivity index (χ0v) is 14.7. The summed E-state index contributed by atoms with van der Waals surface area (Å²) in [5.41, 5.74) is 6.52. The summed E-state index contributed by atoms with van der Waals surface area (Å²) < 4.78 is 0. The molecule has 0 saturated carbocycles. The number of allylic oxidation sites excluding steroid dienone is 4. The molecule has 26 heavy (non-hydrogen) atoms. The van der Waals surface area contributed by atoms with Crippen LogP contribution in [0.4, 0.5) is 0 Å². The molecule has 4 rings (SSSR count). The van der Waals surface area contributed by atoms with Crippen molar-refractivity contribution in [1.29, 1.82) is 0 Å². The summed E-state index contributed by atoms with van der Waals surface area (Å²) in [5, 5.41) is 10.9. The first kappa shape index (κ1) is 16.6. The molecular weight excluding hydrogens is 316 g/mol. The van der Waals surface area contributed by atoms with Gasteiger partial charge < -0.3 is 5.11 Å². The van der Waals surface area contributed by atoms with Crippen molar-refractivity contribution >= 4 is 5.57 Å². The first-order valence-electron chi connectivity index (χ1n) is 9.12. The first-order valence-corrected chi connectivity index (χ1v) is 9.12. The Kier molecular flexibility index (Phi) is 4.81. The lowest BCUT2D eigenvalue weighted by Crippen LogP contribution is -2.00. The maximum atomic E-state index is 10.9. The highest BCUT2D eigenvalue weighted by atomic mass is 16.3. The summed E-state index contributed by atoms with van der Waals surface area (Å²) in [4.78, 5) is 0. The fourth-order valence-corrected chi connectivity index (χ4v) is 3.43. The average Bonchev–Trinajstić information content (AvgIpc) is 2.75. The van der Waals surface area contributed by atoms with E-state index in [0.29, 0.717) is 0 Å². The number of hydrogen-bond donors (Lipinski definition) is 1. The minimum absolute atomic E-state index is 0.633. The molecule has 0 heterocycles. The van der Waals surface area contributed by atoms with Gasteiger partial charge in [0.05, 0.1) is 0 Å². The molecule has 0 fully saturated rings. The molecule has 0 radical (unpaired) electrons. The van der Waals surface area contributed by atoms with Crippen molar-refractivity contribution < 1.29 is 5.11 Å². The number of aliphatic hydroxyl groups is 1. The van der Waals surface area contributed by atoms with Gasteiger partial charge in [-0.25, -0.2) is 0 Å². The molecule has 1 N–H and O–H groups in total. The van der Waals surface area contributed by atoms with Crippen LogP contribution in [-0.2, 0) is 0 Å². The van der Waals surface area contributed by atoms with Crippen LogP contribution in [0.5, 0.6) is 0 Å². The van der Waals surface area contributed by atoms with Crippen molar-refractivity contribution in [1.82, 2.24) is 0 Å². The van der Waals surface area contributed by atoms with E-state index in [9.17, 15) is 5.11 Å². The van der Waals surface area contributed by atoms with Crippen LogP contribution in [0.3, 0.4) is 0 Å². The molecule has 3 aromatic rings. The Hall–Kier alpha value is -2.90. The molecule has 128 valence electrons. The molecule has 1 unspecified atom stereocenters. The molecule has 0 bridgehead atoms. The van der Waals surface area contributed by atoms with Crippen LogP contribution in [0, 0.1) is 0 Å². The van der Waals surface area contributed by atoms with Crippen LogP contribution in [0.1, 0.15) is 35.6 Å². The van der Waals surface area contributed by atoms with Crippen molar-refractivity contribution in [2.24, 2.45) is 0 Å². The number of aliphatic hydroxyl groups excluding tert-OH is 1. The van der Waals surface area contributed by atoms with Gasteiger partial charge in [0, 0.05) is 0 Å². The maximum Gasteiger partial charge on any atom is 0.104 e. The van der Waals surface area contributed by atoms with Gasteiger partial charge in [-0.15, -0.1) is 0 Å². The van der Waals surface area contributed by atoms with E-state index in [1.807, 2.05) is 42.5 Å². The van der Waals surface area contributed by atoms with Gasteiger partial charge in [0.15, 0.2) is 0 Å². The summed E-state index contributed by atoms with van der Waals surface area (Å²) in [5.74, 6) is 0. The average molecular weight is 338 g/mol. The summed E-state index contributed by atoms with van der Waals surface area (Å²) in [7, 11) is 0. The summed E-state index contributed by atoms with van der Waals surface area (Å²) in [6, 6.07) is 26.7. The van der Waals surface area contributed by atoms with E-state index in [0.717, 1.165) is 40.7 Å². The quantitative estimate of drug-likeness (QED) is 0.603. The molecule has 0 aliphatic heterocycles. The highest BCUT2D eigenvalue weighted by molar-refractivity contribution is 5.75. The highest BCUT2D eigenvalue weighted by Crippen LogP contribution is 2.29. The van der Waals surface area contributed by atoms with Gasteiger partial charge in [-0.3, -0.25) is 0 Å². The summed E-state index contributed by atoms with van der Waals surface area (Å²) >= 11 is 0. The van der Waals surface area contributed by atoms with Crippen molar-refractivity contribution in [3.05, 3.63) is 114 Å². The second-order valence-electron chi connectivity index (χ2n) is 6.66. The third-order valence-corrected chi connectivity index (χ3v) is 4.84. The standard InChI is InChI=1S/C25H22O/c26-25(23-15-7-13-21(17-23)19-9-3-1-4-10-19)24-16-8-14-22(18-24)20-11-5-2-6-12-20/h1,3-5,7-18,25-26H,2,6H2. The van der Waals surface area contributed by atoms with Crippen molar-refractivity contribution in [3.63, 3.8) is 0 Å². The lowest BCUT2D eigenvalue weighted by Gasteiger charge is -2.15. The largest absolute Gasteiger partial charge is 0.384 e. The van der Waals surface area contributed by atoms with Gasteiger partial charge in [0.2, 0.25) is 0 Å². The molecule has 1 heteroatoms. The number of hydrogen-bond acceptors (Lipinski definition) is 1. The van der Waals surface area contributed by atoms with Crippen molar-refractivity contribution in [3.8, 4) is 11.1 Å². The SMILES string of the molecule is OC(c1cccc(C2=CCCC=C2)c1)c1cccc(-c2ccccc2)c1. The normalized spacial score (nSPS) is 14.7. The summed E-state index contributed by atoms with van der Waals surface area (Å²) in [6.45, 7) is 0. The Labute approximate surface area is 155 Å². The van der Waals surface area contributed by atoms with Crippen LogP contribution < -0.4 is 0 Å². The fourth-order valence-electron chi connectivity index (χ4n) is 3.43. The predicted molar refractivity (Wildman–Crippen MR) is 109 cm³/mol. The lowest BCUT2D eigenvalue weighted by atomic mass is 9.93. The molecule has 3 aromatic carbocycles. The molecule has 1 aliphatic carbocycles. The molecular formula is C25H22O. The Balaban J connectivity index is 1.65. The van der Waals surface area contributed by atoms with Gasteiger partial charge in [-0.2, -0.15) is 0 Å². The number of benzene rings is 3. The third-order valence-electron chi connectivity index (χ3n) is 4.84. The van der Waals surface area contributed by atoms with Crippen LogP contribution in [0.15, 0.2) is 97.1 Å². The second kappa shape index (κ2) is 7.55. The van der Waals surface area contributed by atoms with Crippen LogP contribution in [-0.4, -0.2) is 5.11 Å². The molecule has 1 atom stereocenters. The number of rotatable bonds is 4. The Morgan fingerprint density at radius 1 is 0.654 bits per heavy atom. The van der Waals surface area contributed by atoms with Gasteiger partial charge >= 0.3 is 0 Å². The van der Waals surface area contributed by atoms with E-state index in [-0.39, 0.29) is 0 Å². The van der Waals surface area contributed by atoms with E-state index in [4.69, 9.17) is 0 Å². The topological polar surface area (TPSA) is 20.2 Å². The van der Waals surface area contributed by atoms with E-state index >= 15 is 0 Å². The zero-order valence-electron chi connectivity index (χ0n) is 14.7. The van der Waals surface area contributed by atoms with Crippen molar-refractivity contribution in [2.45, 2.75) is 18.9 Å². The van der Waals surface area contributed by atoms with Gasteiger partial charge in [0.1, 0.15) is 6.10 Å². The van der Waals surface area contributed by atoms with Crippen LogP contribution in [0.25, 0.3) is 16.7 Å². The predicted octanol–water partition coefficient (Wildman–Crippen LogP) is 6.17. The third kappa shape index (κ3) is 3.54. The minimum atomic E-state index is -0.633. The molecule has 0 aromatic heterocycles. The van der Waals surface area contributed by atoms with Gasteiger partial charge in [-0.05, 0) is 58.4 Å². The highest BCUT2D eigenvalue weighted by Gasteiger charge is 2.13. The molecule has 1 nitrogen and oxygen atoms in total. The molecule has 0 amide bonds. The molecule has 0 spiro atoms. The fraction of sp³-hybridized carbons (Fsp3) is 0.120. The van der Waals surface area contributed by atoms with Crippen molar-refractivity contribution in [2.75, 3.05) is 0 Å².